The molecule has 0 radical (unpaired) electrons. The van der Waals surface area contributed by atoms with E-state index in [1.165, 1.54) is 12.1 Å². The van der Waals surface area contributed by atoms with Gasteiger partial charge in [0.25, 0.3) is 5.91 Å². The van der Waals surface area contributed by atoms with Gasteiger partial charge in [-0.25, -0.2) is 4.39 Å². The highest BCUT2D eigenvalue weighted by molar-refractivity contribution is 6.24. The van der Waals surface area contributed by atoms with Crippen LogP contribution in [0.15, 0.2) is 42.2 Å². The molecule has 4 rings (SSSR count). The first-order valence-electron chi connectivity index (χ1n) is 9.13. The average molecular weight is 367 g/mol. The monoisotopic (exact) mass is 367 g/mol. The predicted molar refractivity (Wildman–Crippen MR) is 102 cm³/mol. The van der Waals surface area contributed by atoms with E-state index in [0.717, 1.165) is 27.8 Å². The van der Waals surface area contributed by atoms with Gasteiger partial charge in [-0.2, -0.15) is 0 Å². The van der Waals surface area contributed by atoms with Gasteiger partial charge in [-0.15, -0.1) is 0 Å². The Morgan fingerprint density at radius 2 is 1.74 bits per heavy atom. The van der Waals surface area contributed by atoms with Crippen molar-refractivity contribution in [2.24, 2.45) is 0 Å². The minimum absolute atomic E-state index is 0.109. The zero-order chi connectivity index (χ0) is 19.2. The molecule has 0 unspecified atom stereocenters. The Hall–Kier alpha value is -2.66. The summed E-state index contributed by atoms with van der Waals surface area (Å²) in [5, 5.41) is 14.0. The third-order valence-electron chi connectivity index (χ3n) is 5.69. The summed E-state index contributed by atoms with van der Waals surface area (Å²) in [5.74, 6) is -0.434. The molecule has 1 saturated heterocycles. The Bertz CT molecular complexity index is 941. The standard InChI is InChI=1S/C22H22FNO3/c1-13-3-8-17(15-4-6-16(23)7-5-15)14(2)18(13)19-20(25)22(24-21(19)26)9-11-27-12-10-22/h3-8,25H,9-12H2,1-2H3,(H,24,26). The van der Waals surface area contributed by atoms with Gasteiger partial charge in [0.15, 0.2) is 0 Å². The second-order valence-electron chi connectivity index (χ2n) is 7.31. The number of aliphatic hydroxyl groups is 1. The van der Waals surface area contributed by atoms with Gasteiger partial charge in [-0.1, -0.05) is 24.3 Å². The minimum Gasteiger partial charge on any atom is -0.509 e. The topological polar surface area (TPSA) is 58.6 Å². The molecule has 2 aliphatic heterocycles. The van der Waals surface area contributed by atoms with Gasteiger partial charge in [0.2, 0.25) is 0 Å². The van der Waals surface area contributed by atoms with Gasteiger partial charge in [0, 0.05) is 26.1 Å². The number of hydrogen-bond donors (Lipinski definition) is 2. The van der Waals surface area contributed by atoms with E-state index < -0.39 is 5.54 Å². The maximum absolute atomic E-state index is 13.3. The van der Waals surface area contributed by atoms with Gasteiger partial charge in [0.1, 0.15) is 17.1 Å². The number of aliphatic hydroxyl groups excluding tert-OH is 1. The van der Waals surface area contributed by atoms with E-state index in [2.05, 4.69) is 5.32 Å². The van der Waals surface area contributed by atoms with Crippen LogP contribution in [0.1, 0.15) is 29.5 Å². The number of ether oxygens (including phenoxy) is 1. The lowest BCUT2D eigenvalue weighted by Gasteiger charge is -2.33. The normalized spacial score (nSPS) is 18.9. The minimum atomic E-state index is -0.727. The van der Waals surface area contributed by atoms with Crippen LogP contribution in [0.4, 0.5) is 4.39 Å². The number of halogens is 1. The highest BCUT2D eigenvalue weighted by atomic mass is 19.1. The summed E-state index contributed by atoms with van der Waals surface area (Å²) in [5.41, 5.74) is 3.95. The van der Waals surface area contributed by atoms with Gasteiger partial charge in [-0.3, -0.25) is 4.79 Å². The molecule has 2 aromatic carbocycles. The van der Waals surface area contributed by atoms with E-state index in [-0.39, 0.29) is 17.5 Å². The second-order valence-corrected chi connectivity index (χ2v) is 7.31. The van der Waals surface area contributed by atoms with Crippen LogP contribution in [-0.4, -0.2) is 29.8 Å². The van der Waals surface area contributed by atoms with E-state index in [4.69, 9.17) is 4.74 Å². The van der Waals surface area contributed by atoms with E-state index in [0.29, 0.717) is 31.6 Å². The molecule has 4 nitrogen and oxygen atoms in total. The van der Waals surface area contributed by atoms with Crippen LogP contribution in [0.5, 0.6) is 0 Å². The fraction of sp³-hybridized carbons (Fsp3) is 0.318. The van der Waals surface area contributed by atoms with Crippen molar-refractivity contribution in [3.05, 3.63) is 64.7 Å². The third kappa shape index (κ3) is 2.82. The lowest BCUT2D eigenvalue weighted by molar-refractivity contribution is -0.117. The molecule has 0 aromatic heterocycles. The zero-order valence-electron chi connectivity index (χ0n) is 15.4. The first-order valence-corrected chi connectivity index (χ1v) is 9.13. The summed E-state index contributed by atoms with van der Waals surface area (Å²) in [6, 6.07) is 10.2. The lowest BCUT2D eigenvalue weighted by Crippen LogP contribution is -2.48. The predicted octanol–water partition coefficient (Wildman–Crippen LogP) is 4.06. The van der Waals surface area contributed by atoms with Crippen molar-refractivity contribution in [1.29, 1.82) is 0 Å². The van der Waals surface area contributed by atoms with Crippen LogP contribution >= 0.6 is 0 Å². The highest BCUT2D eigenvalue weighted by Gasteiger charge is 2.47. The van der Waals surface area contributed by atoms with Gasteiger partial charge < -0.3 is 15.2 Å². The van der Waals surface area contributed by atoms with Gasteiger partial charge >= 0.3 is 0 Å². The van der Waals surface area contributed by atoms with E-state index in [1.54, 1.807) is 12.1 Å². The molecule has 1 spiro atoms. The van der Waals surface area contributed by atoms with Gasteiger partial charge in [0.05, 0.1) is 5.57 Å². The van der Waals surface area contributed by atoms with Crippen LogP contribution in [0, 0.1) is 19.7 Å². The van der Waals surface area contributed by atoms with Crippen molar-refractivity contribution < 1.29 is 19.0 Å². The molecule has 0 aliphatic carbocycles. The molecule has 0 bridgehead atoms. The van der Waals surface area contributed by atoms with Crippen molar-refractivity contribution in [3.63, 3.8) is 0 Å². The van der Waals surface area contributed by atoms with Crippen LogP contribution in [0.25, 0.3) is 16.7 Å². The third-order valence-corrected chi connectivity index (χ3v) is 5.69. The summed E-state index contributed by atoms with van der Waals surface area (Å²) in [6.07, 6.45) is 1.12. The van der Waals surface area contributed by atoms with Crippen molar-refractivity contribution in [2.75, 3.05) is 13.2 Å². The number of aryl methyl sites for hydroxylation is 1. The fourth-order valence-electron chi connectivity index (χ4n) is 4.17. The number of nitrogens with one attached hydrogen (secondary N) is 1. The Morgan fingerprint density at radius 3 is 2.41 bits per heavy atom. The molecule has 5 heteroatoms. The Balaban J connectivity index is 1.87. The SMILES string of the molecule is Cc1ccc(-c2ccc(F)cc2)c(C)c1C1=C(O)C2(CCOCC2)NC1=O. The Kier molecular flexibility index (Phi) is 4.27. The quantitative estimate of drug-likeness (QED) is 0.842. The first kappa shape index (κ1) is 17.7. The number of hydrogen-bond acceptors (Lipinski definition) is 3. The van der Waals surface area contributed by atoms with Crippen molar-refractivity contribution in [2.45, 2.75) is 32.2 Å². The summed E-state index contributed by atoms with van der Waals surface area (Å²) < 4.78 is 18.7. The number of benzene rings is 2. The number of amides is 1. The molecule has 1 fully saturated rings. The van der Waals surface area contributed by atoms with E-state index in [9.17, 15) is 14.3 Å². The van der Waals surface area contributed by atoms with E-state index >= 15 is 0 Å². The lowest BCUT2D eigenvalue weighted by atomic mass is 9.85. The summed E-state index contributed by atoms with van der Waals surface area (Å²) in [7, 11) is 0. The summed E-state index contributed by atoms with van der Waals surface area (Å²) >= 11 is 0. The number of carbonyl (C=O) groups excluding carboxylic acids is 1. The van der Waals surface area contributed by atoms with Crippen molar-refractivity contribution >= 4 is 11.5 Å². The van der Waals surface area contributed by atoms with Crippen LogP contribution in [0.3, 0.4) is 0 Å². The molecule has 2 heterocycles. The molecule has 2 N–H and O–H groups in total. The number of rotatable bonds is 2. The molecule has 0 atom stereocenters. The molecule has 1 amide bonds. The fourth-order valence-corrected chi connectivity index (χ4v) is 4.17. The smallest absolute Gasteiger partial charge is 0.256 e. The summed E-state index contributed by atoms with van der Waals surface area (Å²) in [6.45, 7) is 4.87. The maximum Gasteiger partial charge on any atom is 0.256 e. The van der Waals surface area contributed by atoms with Crippen molar-refractivity contribution in [3.8, 4) is 11.1 Å². The molecular weight excluding hydrogens is 345 g/mol. The molecule has 27 heavy (non-hydrogen) atoms. The van der Waals surface area contributed by atoms with Crippen LogP contribution in [-0.2, 0) is 9.53 Å². The molecular formula is C22H22FNO3. The van der Waals surface area contributed by atoms with Crippen LogP contribution in [0.2, 0.25) is 0 Å². The summed E-state index contributed by atoms with van der Waals surface area (Å²) in [4.78, 5) is 12.8. The van der Waals surface area contributed by atoms with Crippen LogP contribution < -0.4 is 5.32 Å². The number of carbonyl (C=O) groups is 1. The second kappa shape index (κ2) is 6.50. The molecule has 0 saturated carbocycles. The van der Waals surface area contributed by atoms with Gasteiger partial charge in [-0.05, 0) is 53.8 Å². The largest absolute Gasteiger partial charge is 0.509 e. The maximum atomic E-state index is 13.3. The highest BCUT2D eigenvalue weighted by Crippen LogP contribution is 2.41. The first-order chi connectivity index (χ1) is 12.9. The zero-order valence-corrected chi connectivity index (χ0v) is 15.4. The van der Waals surface area contributed by atoms with E-state index in [1.807, 2.05) is 26.0 Å². The average Bonchev–Trinajstić information content (AvgIpc) is 2.88. The molecule has 2 aromatic rings. The molecule has 140 valence electrons. The van der Waals surface area contributed by atoms with Crippen molar-refractivity contribution in [1.82, 2.24) is 5.32 Å². The Morgan fingerprint density at radius 1 is 1.07 bits per heavy atom. The molecule has 2 aliphatic rings. The Labute approximate surface area is 157 Å².